The molecular weight excluding hydrogens is 673 g/mol. The van der Waals surface area contributed by atoms with E-state index < -0.39 is 0 Å². The van der Waals surface area contributed by atoms with Gasteiger partial charge in [0.1, 0.15) is 5.58 Å². The fourth-order valence-electron chi connectivity index (χ4n) is 8.05. The van der Waals surface area contributed by atoms with Gasteiger partial charge >= 0.3 is 0 Å². The topological polar surface area (TPSA) is 64.7 Å². The fourth-order valence-corrected chi connectivity index (χ4v) is 8.05. The van der Waals surface area contributed by atoms with Gasteiger partial charge in [-0.15, -0.1) is 0 Å². The van der Waals surface area contributed by atoms with E-state index in [1.165, 1.54) is 16.2 Å². The lowest BCUT2D eigenvalue weighted by molar-refractivity contribution is 0.654. The molecule has 0 unspecified atom stereocenters. The van der Waals surface area contributed by atoms with Crippen LogP contribution in [-0.4, -0.2) is 19.9 Å². The molecule has 256 valence electrons. The first-order chi connectivity index (χ1) is 27.3. The van der Waals surface area contributed by atoms with Crippen LogP contribution in [0.2, 0.25) is 0 Å². The third-order valence-electron chi connectivity index (χ3n) is 10.6. The highest BCUT2D eigenvalue weighted by Crippen LogP contribution is 2.43. The molecule has 0 spiro atoms. The lowest BCUT2D eigenvalue weighted by atomic mass is 9.88. The first-order valence-electron chi connectivity index (χ1n) is 18.4. The van der Waals surface area contributed by atoms with Gasteiger partial charge in [-0.25, -0.2) is 19.9 Å². The van der Waals surface area contributed by atoms with Gasteiger partial charge in [0.05, 0.1) is 0 Å². The van der Waals surface area contributed by atoms with Gasteiger partial charge in [-0.3, -0.25) is 0 Å². The van der Waals surface area contributed by atoms with Crippen LogP contribution in [0, 0.1) is 0 Å². The van der Waals surface area contributed by atoms with E-state index in [0.29, 0.717) is 23.2 Å². The molecule has 0 amide bonds. The minimum absolute atomic E-state index is 0.634. The Labute approximate surface area is 316 Å². The van der Waals surface area contributed by atoms with Crippen molar-refractivity contribution in [3.8, 4) is 56.4 Å². The molecule has 11 aromatic rings. The number of pyridine rings is 1. The second-order valence-electron chi connectivity index (χ2n) is 13.8. The number of hydrogen-bond acceptors (Lipinski definition) is 5. The van der Waals surface area contributed by atoms with Crippen LogP contribution >= 0.6 is 0 Å². The number of furan rings is 1. The second kappa shape index (κ2) is 12.6. The Morgan fingerprint density at radius 1 is 0.345 bits per heavy atom. The Morgan fingerprint density at radius 3 is 1.64 bits per heavy atom. The largest absolute Gasteiger partial charge is 0.438 e. The molecule has 3 heterocycles. The monoisotopic (exact) mass is 702 g/mol. The third-order valence-corrected chi connectivity index (χ3v) is 10.6. The molecule has 5 heteroatoms. The molecule has 5 nitrogen and oxygen atoms in total. The van der Waals surface area contributed by atoms with E-state index in [4.69, 9.17) is 19.4 Å². The fraction of sp³-hybridized carbons (Fsp3) is 0. The first-order valence-corrected chi connectivity index (χ1v) is 18.4. The van der Waals surface area contributed by atoms with Crippen molar-refractivity contribution in [3.05, 3.63) is 182 Å². The molecule has 0 saturated carbocycles. The van der Waals surface area contributed by atoms with Crippen LogP contribution in [0.5, 0.6) is 0 Å². The van der Waals surface area contributed by atoms with Crippen molar-refractivity contribution >= 4 is 54.4 Å². The number of aromatic nitrogens is 4. The van der Waals surface area contributed by atoms with E-state index in [2.05, 4.69) is 138 Å². The number of hydrogen-bond donors (Lipinski definition) is 0. The highest BCUT2D eigenvalue weighted by molar-refractivity contribution is 6.17. The van der Waals surface area contributed by atoms with Gasteiger partial charge in [0, 0.05) is 33.7 Å². The Balaban J connectivity index is 1.10. The Bertz CT molecular complexity index is 3280. The van der Waals surface area contributed by atoms with Crippen molar-refractivity contribution in [2.45, 2.75) is 0 Å². The highest BCUT2D eigenvalue weighted by Gasteiger charge is 2.19. The minimum atomic E-state index is 0.634. The van der Waals surface area contributed by atoms with Crippen molar-refractivity contribution in [2.75, 3.05) is 0 Å². The summed E-state index contributed by atoms with van der Waals surface area (Å²) in [5.74, 6) is 1.91. The molecule has 55 heavy (non-hydrogen) atoms. The van der Waals surface area contributed by atoms with Gasteiger partial charge in [-0.05, 0) is 84.9 Å². The molecule has 0 bridgehead atoms. The summed E-state index contributed by atoms with van der Waals surface area (Å²) in [6, 6.07) is 61.3. The van der Waals surface area contributed by atoms with Crippen LogP contribution in [0.15, 0.2) is 187 Å². The zero-order valence-electron chi connectivity index (χ0n) is 29.5. The Hall–Kier alpha value is -7.50. The zero-order valence-corrected chi connectivity index (χ0v) is 29.5. The lowest BCUT2D eigenvalue weighted by Gasteiger charge is -2.16. The van der Waals surface area contributed by atoms with Gasteiger partial charge in [-0.1, -0.05) is 146 Å². The molecule has 0 N–H and O–H groups in total. The third kappa shape index (κ3) is 5.17. The van der Waals surface area contributed by atoms with Crippen LogP contribution in [0.4, 0.5) is 0 Å². The van der Waals surface area contributed by atoms with Gasteiger partial charge in [0.15, 0.2) is 17.5 Å². The predicted molar refractivity (Wildman–Crippen MR) is 225 cm³/mol. The SMILES string of the molecule is c1ccc(-c2nc(-c3ccc4ccccc4c3)nc(-c3ccc(-c4ccc(-c5cccc6oc7ncccc7c56)c5ccccc45)c4ccccc34)n2)cc1. The maximum atomic E-state index is 6.17. The van der Waals surface area contributed by atoms with Crippen molar-refractivity contribution < 1.29 is 4.42 Å². The number of fused-ring (bicyclic) bond motifs is 6. The van der Waals surface area contributed by atoms with E-state index in [-0.39, 0.29) is 0 Å². The van der Waals surface area contributed by atoms with Gasteiger partial charge in [0.2, 0.25) is 5.71 Å². The summed E-state index contributed by atoms with van der Waals surface area (Å²) in [6.45, 7) is 0. The van der Waals surface area contributed by atoms with Crippen molar-refractivity contribution in [2.24, 2.45) is 0 Å². The predicted octanol–water partition coefficient (Wildman–Crippen LogP) is 13.0. The van der Waals surface area contributed by atoms with Crippen molar-refractivity contribution in [3.63, 3.8) is 0 Å². The molecule has 0 aliphatic rings. The van der Waals surface area contributed by atoms with E-state index in [0.717, 1.165) is 71.5 Å². The van der Waals surface area contributed by atoms with E-state index >= 15 is 0 Å². The Morgan fingerprint density at radius 2 is 0.909 bits per heavy atom. The molecule has 0 fully saturated rings. The van der Waals surface area contributed by atoms with Crippen molar-refractivity contribution in [1.29, 1.82) is 0 Å². The van der Waals surface area contributed by atoms with Crippen LogP contribution in [0.3, 0.4) is 0 Å². The molecule has 0 aliphatic heterocycles. The average Bonchev–Trinajstić information content (AvgIpc) is 3.65. The van der Waals surface area contributed by atoms with E-state index in [1.807, 2.05) is 42.5 Å². The zero-order chi connectivity index (χ0) is 36.3. The number of benzene rings is 8. The molecule has 3 aromatic heterocycles. The summed E-state index contributed by atoms with van der Waals surface area (Å²) in [6.07, 6.45) is 1.77. The quantitative estimate of drug-likeness (QED) is 0.179. The Kier molecular flexibility index (Phi) is 7.10. The molecule has 0 saturated heterocycles. The molecule has 0 aliphatic carbocycles. The van der Waals surface area contributed by atoms with Crippen LogP contribution in [0.1, 0.15) is 0 Å². The maximum Gasteiger partial charge on any atom is 0.227 e. The van der Waals surface area contributed by atoms with Crippen molar-refractivity contribution in [1.82, 2.24) is 19.9 Å². The standard InChI is InChI=1S/C50H30N4O/c1-2-13-32(14-3-1)47-52-48(34-24-23-31-12-4-5-15-33(31)30-34)54-49(53-47)43-28-27-40(37-18-8-9-19-38(37)43)39-25-26-41(36-17-7-6-16-35(36)39)42-20-10-22-45-46(42)44-21-11-29-51-50(44)55-45/h1-30H. The van der Waals surface area contributed by atoms with Crippen LogP contribution in [-0.2, 0) is 0 Å². The normalized spacial score (nSPS) is 11.6. The molecule has 11 rings (SSSR count). The number of rotatable bonds is 5. The summed E-state index contributed by atoms with van der Waals surface area (Å²) < 4.78 is 6.17. The first kappa shape index (κ1) is 31.1. The molecule has 8 aromatic carbocycles. The summed E-state index contributed by atoms with van der Waals surface area (Å²) in [7, 11) is 0. The van der Waals surface area contributed by atoms with Gasteiger partial charge in [-0.2, -0.15) is 0 Å². The molecule has 0 atom stereocenters. The summed E-state index contributed by atoms with van der Waals surface area (Å²) >= 11 is 0. The number of nitrogens with zero attached hydrogens (tertiary/aromatic N) is 4. The van der Waals surface area contributed by atoms with Gasteiger partial charge in [0.25, 0.3) is 0 Å². The van der Waals surface area contributed by atoms with E-state index in [1.54, 1.807) is 6.20 Å². The molecular formula is C50H30N4O. The van der Waals surface area contributed by atoms with Crippen LogP contribution < -0.4 is 0 Å². The lowest BCUT2D eigenvalue weighted by Crippen LogP contribution is -2.01. The smallest absolute Gasteiger partial charge is 0.227 e. The van der Waals surface area contributed by atoms with Crippen LogP contribution in [0.25, 0.3) is 111 Å². The maximum absolute atomic E-state index is 6.17. The summed E-state index contributed by atoms with van der Waals surface area (Å²) in [4.78, 5) is 19.8. The van der Waals surface area contributed by atoms with E-state index in [9.17, 15) is 0 Å². The highest BCUT2D eigenvalue weighted by atomic mass is 16.3. The second-order valence-corrected chi connectivity index (χ2v) is 13.8. The summed E-state index contributed by atoms with van der Waals surface area (Å²) in [5, 5.41) is 8.95. The minimum Gasteiger partial charge on any atom is -0.438 e. The summed E-state index contributed by atoms with van der Waals surface area (Å²) in [5.41, 5.74) is 8.90. The average molecular weight is 703 g/mol. The molecule has 0 radical (unpaired) electrons. The van der Waals surface area contributed by atoms with Gasteiger partial charge < -0.3 is 4.42 Å².